The Morgan fingerprint density at radius 1 is 1.22 bits per heavy atom. The first-order chi connectivity index (χ1) is 11.1. The fourth-order valence-corrected chi connectivity index (χ4v) is 2.83. The van der Waals surface area contributed by atoms with Crippen LogP contribution in [0.1, 0.15) is 6.42 Å². The number of nitrogens with zero attached hydrogens (tertiary/aromatic N) is 4. The van der Waals surface area contributed by atoms with Gasteiger partial charge in [-0.25, -0.2) is 9.48 Å². The van der Waals surface area contributed by atoms with Gasteiger partial charge in [-0.05, 0) is 32.1 Å². The zero-order valence-electron chi connectivity index (χ0n) is 13.1. The van der Waals surface area contributed by atoms with Gasteiger partial charge in [0.05, 0.1) is 28.8 Å². The highest BCUT2D eigenvalue weighted by Gasteiger charge is 2.18. The van der Waals surface area contributed by atoms with Gasteiger partial charge in [0, 0.05) is 19.6 Å². The second kappa shape index (κ2) is 7.02. The molecule has 2 amide bonds. The van der Waals surface area contributed by atoms with Gasteiger partial charge in [0.2, 0.25) is 0 Å². The maximum atomic E-state index is 12.4. The third-order valence-corrected chi connectivity index (χ3v) is 4.26. The van der Waals surface area contributed by atoms with Gasteiger partial charge in [-0.2, -0.15) is 5.10 Å². The van der Waals surface area contributed by atoms with Gasteiger partial charge in [0.25, 0.3) is 0 Å². The third-order valence-electron chi connectivity index (χ3n) is 3.94. The number of hydrogen-bond acceptors (Lipinski definition) is 3. The van der Waals surface area contributed by atoms with E-state index >= 15 is 0 Å². The van der Waals surface area contributed by atoms with E-state index in [-0.39, 0.29) is 6.03 Å². The molecule has 0 radical (unpaired) electrons. The van der Waals surface area contributed by atoms with Crippen molar-refractivity contribution in [3.63, 3.8) is 0 Å². The molecule has 1 aliphatic rings. The number of nitrogens with one attached hydrogen (secondary N) is 1. The van der Waals surface area contributed by atoms with Crippen molar-refractivity contribution in [2.45, 2.75) is 6.42 Å². The van der Waals surface area contributed by atoms with Crippen molar-refractivity contribution >= 4 is 23.3 Å². The number of likely N-dealkylation sites (N-methyl/N-ethyl adjacent to an activating group) is 1. The van der Waals surface area contributed by atoms with Crippen LogP contribution >= 0.6 is 11.6 Å². The van der Waals surface area contributed by atoms with Gasteiger partial charge in [-0.3, -0.25) is 0 Å². The molecule has 2 aromatic rings. The van der Waals surface area contributed by atoms with E-state index in [2.05, 4.69) is 22.4 Å². The summed E-state index contributed by atoms with van der Waals surface area (Å²) in [6.07, 6.45) is 4.39. The van der Waals surface area contributed by atoms with E-state index in [9.17, 15) is 4.79 Å². The molecule has 0 bridgehead atoms. The molecule has 1 aromatic carbocycles. The maximum absolute atomic E-state index is 12.4. The summed E-state index contributed by atoms with van der Waals surface area (Å²) in [6, 6.07) is 7.37. The molecule has 7 heteroatoms. The van der Waals surface area contributed by atoms with Crippen LogP contribution in [0.5, 0.6) is 0 Å². The van der Waals surface area contributed by atoms with Gasteiger partial charge in [0.15, 0.2) is 0 Å². The lowest BCUT2D eigenvalue weighted by atomic mass is 10.3. The number of rotatable bonds is 2. The number of hydrogen-bond donors (Lipinski definition) is 1. The lowest BCUT2D eigenvalue weighted by Crippen LogP contribution is -2.37. The van der Waals surface area contributed by atoms with Crippen molar-refractivity contribution in [2.75, 3.05) is 38.5 Å². The highest BCUT2D eigenvalue weighted by atomic mass is 35.5. The van der Waals surface area contributed by atoms with E-state index in [4.69, 9.17) is 11.6 Å². The van der Waals surface area contributed by atoms with E-state index < -0.39 is 0 Å². The average Bonchev–Trinajstić information content (AvgIpc) is 2.87. The van der Waals surface area contributed by atoms with Crippen molar-refractivity contribution in [1.82, 2.24) is 19.6 Å². The second-order valence-electron chi connectivity index (χ2n) is 5.70. The van der Waals surface area contributed by atoms with Gasteiger partial charge in [-0.1, -0.05) is 23.7 Å². The highest BCUT2D eigenvalue weighted by molar-refractivity contribution is 6.32. The van der Waals surface area contributed by atoms with E-state index in [1.807, 2.05) is 29.2 Å². The minimum atomic E-state index is -0.0843. The molecule has 122 valence electrons. The Morgan fingerprint density at radius 3 is 2.87 bits per heavy atom. The molecule has 0 unspecified atom stereocenters. The van der Waals surface area contributed by atoms with Crippen molar-refractivity contribution in [2.24, 2.45) is 0 Å². The van der Waals surface area contributed by atoms with E-state index in [1.165, 1.54) is 0 Å². The SMILES string of the molecule is CN1CCCN(C(=O)Nc2cnn(-c3ccccc3Cl)c2)CC1. The van der Waals surface area contributed by atoms with Crippen LogP contribution in [0, 0.1) is 0 Å². The van der Waals surface area contributed by atoms with Crippen molar-refractivity contribution in [3.8, 4) is 5.69 Å². The molecule has 0 spiro atoms. The molecular formula is C16H20ClN5O. The van der Waals surface area contributed by atoms with E-state index in [0.717, 1.165) is 38.3 Å². The summed E-state index contributed by atoms with van der Waals surface area (Å²) in [4.78, 5) is 16.5. The molecular weight excluding hydrogens is 314 g/mol. The first-order valence-electron chi connectivity index (χ1n) is 7.67. The predicted octanol–water partition coefficient (Wildman–Crippen LogP) is 2.70. The number of aromatic nitrogens is 2. The lowest BCUT2D eigenvalue weighted by Gasteiger charge is -2.20. The average molecular weight is 334 g/mol. The Kier molecular flexibility index (Phi) is 4.83. The van der Waals surface area contributed by atoms with Gasteiger partial charge in [0.1, 0.15) is 0 Å². The molecule has 1 fully saturated rings. The zero-order valence-corrected chi connectivity index (χ0v) is 13.8. The number of carbonyl (C=O) groups is 1. The van der Waals surface area contributed by atoms with Crippen molar-refractivity contribution in [3.05, 3.63) is 41.7 Å². The molecule has 2 heterocycles. The first-order valence-corrected chi connectivity index (χ1v) is 8.05. The maximum Gasteiger partial charge on any atom is 0.321 e. The van der Waals surface area contributed by atoms with Gasteiger partial charge >= 0.3 is 6.03 Å². The normalized spacial score (nSPS) is 16.2. The number of para-hydroxylation sites is 1. The predicted molar refractivity (Wildman–Crippen MR) is 91.3 cm³/mol. The minimum Gasteiger partial charge on any atom is -0.323 e. The number of anilines is 1. The summed E-state index contributed by atoms with van der Waals surface area (Å²) >= 11 is 6.17. The number of halogens is 1. The summed E-state index contributed by atoms with van der Waals surface area (Å²) in [6.45, 7) is 3.43. The topological polar surface area (TPSA) is 53.4 Å². The number of amides is 2. The summed E-state index contributed by atoms with van der Waals surface area (Å²) in [5.74, 6) is 0. The zero-order chi connectivity index (χ0) is 16.2. The largest absolute Gasteiger partial charge is 0.323 e. The minimum absolute atomic E-state index is 0.0843. The lowest BCUT2D eigenvalue weighted by molar-refractivity contribution is 0.213. The van der Waals surface area contributed by atoms with Crippen molar-refractivity contribution in [1.29, 1.82) is 0 Å². The number of benzene rings is 1. The highest BCUT2D eigenvalue weighted by Crippen LogP contribution is 2.20. The van der Waals surface area contributed by atoms with E-state index in [0.29, 0.717) is 10.7 Å². The molecule has 1 aromatic heterocycles. The molecule has 0 aliphatic carbocycles. The first kappa shape index (κ1) is 15.8. The van der Waals surface area contributed by atoms with E-state index in [1.54, 1.807) is 17.1 Å². The molecule has 23 heavy (non-hydrogen) atoms. The second-order valence-corrected chi connectivity index (χ2v) is 6.11. The number of carbonyl (C=O) groups excluding carboxylic acids is 1. The molecule has 6 nitrogen and oxygen atoms in total. The standard InChI is InChI=1S/C16H20ClN5O/c1-20-7-4-8-21(10-9-20)16(23)19-13-11-18-22(12-13)15-6-3-2-5-14(15)17/h2-3,5-6,11-12H,4,7-10H2,1H3,(H,19,23). The fourth-order valence-electron chi connectivity index (χ4n) is 2.61. The van der Waals surface area contributed by atoms with Crippen LogP contribution in [0.15, 0.2) is 36.7 Å². The Balaban J connectivity index is 1.67. The third kappa shape index (κ3) is 3.83. The molecule has 1 aliphatic heterocycles. The van der Waals surface area contributed by atoms with Crippen LogP contribution in [0.2, 0.25) is 5.02 Å². The molecule has 3 rings (SSSR count). The summed E-state index contributed by atoms with van der Waals surface area (Å²) in [7, 11) is 2.08. The fraction of sp³-hybridized carbons (Fsp3) is 0.375. The molecule has 0 saturated carbocycles. The summed E-state index contributed by atoms with van der Waals surface area (Å²) in [5.41, 5.74) is 1.44. The van der Waals surface area contributed by atoms with Crippen LogP contribution in [0.25, 0.3) is 5.69 Å². The van der Waals surface area contributed by atoms with Crippen molar-refractivity contribution < 1.29 is 4.79 Å². The van der Waals surface area contributed by atoms with Crippen LogP contribution in [0.3, 0.4) is 0 Å². The van der Waals surface area contributed by atoms with Gasteiger partial charge in [-0.15, -0.1) is 0 Å². The Morgan fingerprint density at radius 2 is 2.04 bits per heavy atom. The molecule has 0 atom stereocenters. The molecule has 1 saturated heterocycles. The van der Waals surface area contributed by atoms with Crippen LogP contribution in [-0.4, -0.2) is 58.8 Å². The Bertz CT molecular complexity index is 687. The quantitative estimate of drug-likeness (QED) is 0.919. The smallest absolute Gasteiger partial charge is 0.321 e. The summed E-state index contributed by atoms with van der Waals surface area (Å²) < 4.78 is 1.66. The van der Waals surface area contributed by atoms with Crippen LogP contribution in [0.4, 0.5) is 10.5 Å². The van der Waals surface area contributed by atoms with Crippen LogP contribution < -0.4 is 5.32 Å². The monoisotopic (exact) mass is 333 g/mol. The number of urea groups is 1. The van der Waals surface area contributed by atoms with Gasteiger partial charge < -0.3 is 15.1 Å². The molecule has 1 N–H and O–H groups in total. The Hall–Kier alpha value is -2.05. The summed E-state index contributed by atoms with van der Waals surface area (Å²) in [5, 5.41) is 7.79. The Labute approximate surface area is 140 Å². The van der Waals surface area contributed by atoms with Crippen LogP contribution in [-0.2, 0) is 0 Å².